The van der Waals surface area contributed by atoms with Crippen LogP contribution in [0.3, 0.4) is 0 Å². The average molecular weight is 225 g/mol. The van der Waals surface area contributed by atoms with Crippen LogP contribution in [-0.4, -0.2) is 14.1 Å². The van der Waals surface area contributed by atoms with Crippen molar-refractivity contribution >= 4 is 17.2 Å². The summed E-state index contributed by atoms with van der Waals surface area (Å²) >= 11 is 4.92. The molecule has 0 saturated heterocycles. The van der Waals surface area contributed by atoms with Gasteiger partial charge < -0.3 is 10.3 Å². The van der Waals surface area contributed by atoms with E-state index in [4.69, 9.17) is 18.0 Å². The van der Waals surface area contributed by atoms with Crippen molar-refractivity contribution in [2.24, 2.45) is 18.2 Å². The molecule has 0 amide bonds. The monoisotopic (exact) mass is 225 g/mol. The summed E-state index contributed by atoms with van der Waals surface area (Å²) in [7, 11) is 1.76. The first-order valence-electron chi connectivity index (χ1n) is 5.03. The van der Waals surface area contributed by atoms with Crippen molar-refractivity contribution in [2.75, 3.05) is 0 Å². The van der Waals surface area contributed by atoms with Gasteiger partial charge in [-0.2, -0.15) is 0 Å². The van der Waals surface area contributed by atoms with E-state index in [0.29, 0.717) is 4.99 Å². The van der Waals surface area contributed by atoms with Crippen molar-refractivity contribution < 1.29 is 0 Å². The molecular formula is C10H15N3OS. The lowest BCUT2D eigenvalue weighted by atomic mass is 10.0. The lowest BCUT2D eigenvalue weighted by Gasteiger charge is -2.13. The van der Waals surface area contributed by atoms with E-state index in [1.165, 1.54) is 0 Å². The third-order valence-electron chi connectivity index (χ3n) is 3.03. The standard InChI is InChI=1S/C10H15N3OS/c1-12-4-5-13(9(12)14)7-10(2-3-10)6-8(11)15/h4-5H,2-3,6-7H2,1H3,(H2,11,15). The zero-order valence-electron chi connectivity index (χ0n) is 8.77. The summed E-state index contributed by atoms with van der Waals surface area (Å²) in [6.45, 7) is 0.740. The number of nitrogens with two attached hydrogens (primary N) is 1. The zero-order valence-corrected chi connectivity index (χ0v) is 9.59. The van der Waals surface area contributed by atoms with Crippen LogP contribution >= 0.6 is 12.2 Å². The van der Waals surface area contributed by atoms with Gasteiger partial charge in [0, 0.05) is 32.4 Å². The molecule has 15 heavy (non-hydrogen) atoms. The van der Waals surface area contributed by atoms with Gasteiger partial charge >= 0.3 is 5.69 Å². The maximum Gasteiger partial charge on any atom is 0.327 e. The molecule has 0 aromatic carbocycles. The molecule has 1 aliphatic carbocycles. The largest absolute Gasteiger partial charge is 0.393 e. The second kappa shape index (κ2) is 3.48. The molecule has 0 unspecified atom stereocenters. The Balaban J connectivity index is 2.12. The minimum Gasteiger partial charge on any atom is -0.393 e. The molecule has 1 saturated carbocycles. The van der Waals surface area contributed by atoms with Crippen molar-refractivity contribution in [1.82, 2.24) is 9.13 Å². The Morgan fingerprint density at radius 2 is 2.27 bits per heavy atom. The van der Waals surface area contributed by atoms with Gasteiger partial charge in [-0.1, -0.05) is 12.2 Å². The molecule has 0 atom stereocenters. The highest BCUT2D eigenvalue weighted by atomic mass is 32.1. The lowest BCUT2D eigenvalue weighted by molar-refractivity contribution is 0.428. The first-order chi connectivity index (χ1) is 7.02. The van der Waals surface area contributed by atoms with E-state index in [1.807, 2.05) is 6.20 Å². The third-order valence-corrected chi connectivity index (χ3v) is 3.17. The number of hydrogen-bond donors (Lipinski definition) is 1. The second-order valence-electron chi connectivity index (χ2n) is 4.46. The van der Waals surface area contributed by atoms with Gasteiger partial charge in [0.1, 0.15) is 0 Å². The highest BCUT2D eigenvalue weighted by molar-refractivity contribution is 7.80. The summed E-state index contributed by atoms with van der Waals surface area (Å²) < 4.78 is 3.32. The number of imidazole rings is 1. The molecule has 2 rings (SSSR count). The first-order valence-corrected chi connectivity index (χ1v) is 5.43. The van der Waals surface area contributed by atoms with E-state index in [2.05, 4.69) is 0 Å². The number of nitrogens with zero attached hydrogens (tertiary/aromatic N) is 2. The zero-order chi connectivity index (χ0) is 11.1. The molecule has 1 aromatic heterocycles. The number of hydrogen-bond acceptors (Lipinski definition) is 2. The molecule has 1 aromatic rings. The number of aryl methyl sites for hydroxylation is 1. The molecule has 1 fully saturated rings. The van der Waals surface area contributed by atoms with Crippen LogP contribution < -0.4 is 11.4 Å². The van der Waals surface area contributed by atoms with Crippen molar-refractivity contribution in [2.45, 2.75) is 25.8 Å². The van der Waals surface area contributed by atoms with Crippen molar-refractivity contribution in [3.8, 4) is 0 Å². The van der Waals surface area contributed by atoms with Crippen LogP contribution in [0, 0.1) is 5.41 Å². The number of thiocarbonyl (C=S) groups is 1. The fraction of sp³-hybridized carbons (Fsp3) is 0.600. The predicted octanol–water partition coefficient (Wildman–Crippen LogP) is 0.643. The second-order valence-corrected chi connectivity index (χ2v) is 4.99. The molecule has 0 bridgehead atoms. The summed E-state index contributed by atoms with van der Waals surface area (Å²) in [4.78, 5) is 12.2. The smallest absolute Gasteiger partial charge is 0.327 e. The van der Waals surface area contributed by atoms with Crippen molar-refractivity contribution in [3.63, 3.8) is 0 Å². The SMILES string of the molecule is Cn1ccn(CC2(CC(N)=S)CC2)c1=O. The van der Waals surface area contributed by atoms with Crippen LogP contribution in [0.4, 0.5) is 0 Å². The Kier molecular flexibility index (Phi) is 2.42. The molecule has 82 valence electrons. The maximum atomic E-state index is 11.6. The van der Waals surface area contributed by atoms with E-state index in [9.17, 15) is 4.79 Å². The first kappa shape index (κ1) is 10.4. The summed E-state index contributed by atoms with van der Waals surface area (Å²) in [6, 6.07) is 0. The van der Waals surface area contributed by atoms with Gasteiger partial charge in [0.25, 0.3) is 0 Å². The Morgan fingerprint density at radius 1 is 1.60 bits per heavy atom. The van der Waals surface area contributed by atoms with E-state index >= 15 is 0 Å². The Bertz CT molecular complexity index is 442. The van der Waals surface area contributed by atoms with Crippen molar-refractivity contribution in [1.29, 1.82) is 0 Å². The quantitative estimate of drug-likeness (QED) is 0.765. The fourth-order valence-corrected chi connectivity index (χ4v) is 2.24. The van der Waals surface area contributed by atoms with E-state index in [-0.39, 0.29) is 11.1 Å². The van der Waals surface area contributed by atoms with Crippen molar-refractivity contribution in [3.05, 3.63) is 22.9 Å². The van der Waals surface area contributed by atoms with E-state index < -0.39 is 0 Å². The Labute approximate surface area is 93.7 Å². The van der Waals surface area contributed by atoms with Crippen LogP contribution in [0.5, 0.6) is 0 Å². The highest BCUT2D eigenvalue weighted by Crippen LogP contribution is 2.49. The fourth-order valence-electron chi connectivity index (χ4n) is 1.93. The summed E-state index contributed by atoms with van der Waals surface area (Å²) in [6.07, 6.45) is 6.59. The van der Waals surface area contributed by atoms with Gasteiger partial charge in [0.15, 0.2) is 0 Å². The third kappa shape index (κ3) is 2.12. The molecule has 0 radical (unpaired) electrons. The predicted molar refractivity (Wildman–Crippen MR) is 62.7 cm³/mol. The van der Waals surface area contributed by atoms with Crippen LogP contribution in [-0.2, 0) is 13.6 Å². The normalized spacial score (nSPS) is 17.7. The van der Waals surface area contributed by atoms with Gasteiger partial charge in [-0.15, -0.1) is 0 Å². The maximum absolute atomic E-state index is 11.6. The van der Waals surface area contributed by atoms with Crippen LogP contribution in [0.25, 0.3) is 0 Å². The van der Waals surface area contributed by atoms with Gasteiger partial charge in [-0.05, 0) is 18.3 Å². The molecular weight excluding hydrogens is 210 g/mol. The summed E-state index contributed by atoms with van der Waals surface area (Å²) in [5, 5.41) is 0. The van der Waals surface area contributed by atoms with Gasteiger partial charge in [-0.25, -0.2) is 4.79 Å². The molecule has 0 spiro atoms. The highest BCUT2D eigenvalue weighted by Gasteiger charge is 2.43. The Morgan fingerprint density at radius 3 is 2.67 bits per heavy atom. The van der Waals surface area contributed by atoms with Crippen LogP contribution in [0.1, 0.15) is 19.3 Å². The summed E-state index contributed by atoms with van der Waals surface area (Å²) in [5.41, 5.74) is 5.75. The van der Waals surface area contributed by atoms with Crippen LogP contribution in [0.2, 0.25) is 0 Å². The Hall–Kier alpha value is -1.10. The molecule has 2 N–H and O–H groups in total. The molecule has 1 heterocycles. The van der Waals surface area contributed by atoms with Gasteiger partial charge in [0.2, 0.25) is 0 Å². The minimum absolute atomic E-state index is 0.0317. The van der Waals surface area contributed by atoms with Crippen LogP contribution in [0.15, 0.2) is 17.2 Å². The number of rotatable bonds is 4. The molecule has 0 aliphatic heterocycles. The minimum atomic E-state index is 0.0317. The molecule has 1 aliphatic rings. The molecule has 4 nitrogen and oxygen atoms in total. The van der Waals surface area contributed by atoms with E-state index in [0.717, 1.165) is 25.8 Å². The topological polar surface area (TPSA) is 52.9 Å². The number of aromatic nitrogens is 2. The van der Waals surface area contributed by atoms with E-state index in [1.54, 1.807) is 22.4 Å². The lowest BCUT2D eigenvalue weighted by Crippen LogP contribution is -2.27. The summed E-state index contributed by atoms with van der Waals surface area (Å²) in [5.74, 6) is 0. The van der Waals surface area contributed by atoms with Gasteiger partial charge in [-0.3, -0.25) is 4.57 Å². The molecule has 5 heteroatoms. The van der Waals surface area contributed by atoms with Gasteiger partial charge in [0.05, 0.1) is 4.99 Å². The average Bonchev–Trinajstić information content (AvgIpc) is 2.82.